The Bertz CT molecular complexity index is 620. The van der Waals surface area contributed by atoms with E-state index in [1.54, 1.807) is 0 Å². The summed E-state index contributed by atoms with van der Waals surface area (Å²) in [6.45, 7) is 5.23. The molecule has 1 aromatic heterocycles. The van der Waals surface area contributed by atoms with Crippen LogP contribution in [0, 0.1) is 0 Å². The van der Waals surface area contributed by atoms with Gasteiger partial charge in [0.25, 0.3) is 0 Å². The Hall–Kier alpha value is -1.36. The summed E-state index contributed by atoms with van der Waals surface area (Å²) in [5, 5.41) is 17.5. The van der Waals surface area contributed by atoms with E-state index in [-0.39, 0.29) is 6.61 Å². The molecular formula is C18H26ClN3O. The molecular weight excluding hydrogens is 310 g/mol. The van der Waals surface area contributed by atoms with Crippen molar-refractivity contribution in [3.8, 4) is 0 Å². The van der Waals surface area contributed by atoms with E-state index in [4.69, 9.17) is 16.7 Å². The fraction of sp³-hybridized carbons (Fsp3) is 0.500. The largest absolute Gasteiger partial charge is 0.395 e. The van der Waals surface area contributed by atoms with Gasteiger partial charge in [-0.3, -0.25) is 4.98 Å². The highest BCUT2D eigenvalue weighted by Gasteiger charge is 2.08. The number of nitrogens with zero attached hydrogens (tertiary/aromatic N) is 1. The molecule has 0 saturated heterocycles. The van der Waals surface area contributed by atoms with E-state index < -0.39 is 0 Å². The first-order valence-corrected chi connectivity index (χ1v) is 8.63. The van der Waals surface area contributed by atoms with Crippen molar-refractivity contribution in [3.63, 3.8) is 0 Å². The summed E-state index contributed by atoms with van der Waals surface area (Å²) in [4.78, 5) is 4.37. The number of benzene rings is 1. The molecule has 3 N–H and O–H groups in total. The first kappa shape index (κ1) is 18.0. The average molecular weight is 336 g/mol. The molecule has 0 aliphatic carbocycles. The van der Waals surface area contributed by atoms with Crippen molar-refractivity contribution < 1.29 is 5.11 Å². The molecule has 0 amide bonds. The van der Waals surface area contributed by atoms with Gasteiger partial charge >= 0.3 is 0 Å². The lowest BCUT2D eigenvalue weighted by Gasteiger charge is -2.18. The van der Waals surface area contributed by atoms with Gasteiger partial charge in [0.2, 0.25) is 0 Å². The van der Waals surface area contributed by atoms with Gasteiger partial charge in [-0.2, -0.15) is 0 Å². The zero-order chi connectivity index (χ0) is 16.7. The van der Waals surface area contributed by atoms with E-state index in [2.05, 4.69) is 29.5 Å². The maximum absolute atomic E-state index is 8.81. The Kier molecular flexibility index (Phi) is 7.09. The summed E-state index contributed by atoms with van der Waals surface area (Å²) in [5.74, 6) is 0. The van der Waals surface area contributed by atoms with Crippen LogP contribution >= 0.6 is 11.6 Å². The number of rotatable bonds is 9. The average Bonchev–Trinajstić information content (AvgIpc) is 2.52. The van der Waals surface area contributed by atoms with Crippen LogP contribution in [0.5, 0.6) is 0 Å². The highest BCUT2D eigenvalue weighted by Crippen LogP contribution is 2.25. The zero-order valence-corrected chi connectivity index (χ0v) is 14.6. The van der Waals surface area contributed by atoms with Gasteiger partial charge in [0.05, 0.1) is 12.1 Å². The van der Waals surface area contributed by atoms with Crippen molar-refractivity contribution in [3.05, 3.63) is 35.5 Å². The van der Waals surface area contributed by atoms with Crippen LogP contribution in [0.4, 0.5) is 5.69 Å². The molecule has 0 aliphatic rings. The lowest BCUT2D eigenvalue weighted by Crippen LogP contribution is -2.29. The number of fused-ring (bicyclic) bond motifs is 1. The van der Waals surface area contributed by atoms with Gasteiger partial charge < -0.3 is 15.7 Å². The lowest BCUT2D eigenvalue weighted by atomic mass is 10.1. The van der Waals surface area contributed by atoms with Crippen LogP contribution in [-0.4, -0.2) is 35.3 Å². The fourth-order valence-electron chi connectivity index (χ4n) is 2.73. The van der Waals surface area contributed by atoms with Crippen molar-refractivity contribution in [2.45, 2.75) is 45.2 Å². The SMILES string of the molecule is CC(CCCC(C)Nc1ccnc2cc(Cl)ccc12)NCCO. The van der Waals surface area contributed by atoms with Crippen LogP contribution in [0.15, 0.2) is 30.5 Å². The second-order valence-electron chi connectivity index (χ2n) is 6.08. The molecule has 1 aromatic carbocycles. The van der Waals surface area contributed by atoms with Gasteiger partial charge in [-0.1, -0.05) is 11.6 Å². The highest BCUT2D eigenvalue weighted by molar-refractivity contribution is 6.31. The Morgan fingerprint density at radius 3 is 2.74 bits per heavy atom. The van der Waals surface area contributed by atoms with Crippen molar-refractivity contribution in [1.29, 1.82) is 0 Å². The Morgan fingerprint density at radius 1 is 1.17 bits per heavy atom. The van der Waals surface area contributed by atoms with Gasteiger partial charge in [0.15, 0.2) is 0 Å². The number of pyridine rings is 1. The van der Waals surface area contributed by atoms with Crippen LogP contribution in [0.2, 0.25) is 5.02 Å². The van der Waals surface area contributed by atoms with Gasteiger partial charge in [0, 0.05) is 40.9 Å². The molecule has 0 aliphatic heterocycles. The lowest BCUT2D eigenvalue weighted by molar-refractivity contribution is 0.283. The molecule has 4 nitrogen and oxygen atoms in total. The van der Waals surface area contributed by atoms with E-state index in [1.807, 2.05) is 30.5 Å². The van der Waals surface area contributed by atoms with E-state index in [0.29, 0.717) is 23.7 Å². The number of nitrogens with one attached hydrogen (secondary N) is 2. The first-order valence-electron chi connectivity index (χ1n) is 8.25. The van der Waals surface area contributed by atoms with Crippen LogP contribution in [0.25, 0.3) is 10.9 Å². The molecule has 0 bridgehead atoms. The van der Waals surface area contributed by atoms with Gasteiger partial charge in [-0.25, -0.2) is 0 Å². The molecule has 0 spiro atoms. The quantitative estimate of drug-likeness (QED) is 0.652. The Labute approximate surface area is 143 Å². The molecule has 5 heteroatoms. The molecule has 23 heavy (non-hydrogen) atoms. The second kappa shape index (κ2) is 9.06. The molecule has 2 aromatic rings. The van der Waals surface area contributed by atoms with Crippen LogP contribution in [-0.2, 0) is 0 Å². The molecule has 126 valence electrons. The summed E-state index contributed by atoms with van der Waals surface area (Å²) >= 11 is 6.03. The number of anilines is 1. The van der Waals surface area contributed by atoms with Gasteiger partial charge in [-0.15, -0.1) is 0 Å². The number of halogens is 1. The number of aliphatic hydroxyl groups excluding tert-OH is 1. The summed E-state index contributed by atoms with van der Waals surface area (Å²) in [7, 11) is 0. The number of hydrogen-bond acceptors (Lipinski definition) is 4. The van der Waals surface area contributed by atoms with E-state index in [9.17, 15) is 0 Å². The fourth-order valence-corrected chi connectivity index (χ4v) is 2.89. The summed E-state index contributed by atoms with van der Waals surface area (Å²) < 4.78 is 0. The van der Waals surface area contributed by atoms with Gasteiger partial charge in [0.1, 0.15) is 0 Å². The summed E-state index contributed by atoms with van der Waals surface area (Å²) in [5.41, 5.74) is 2.02. The number of hydrogen-bond donors (Lipinski definition) is 3. The normalized spacial score (nSPS) is 13.9. The smallest absolute Gasteiger partial charge is 0.0737 e. The van der Waals surface area contributed by atoms with Crippen molar-refractivity contribution in [2.75, 3.05) is 18.5 Å². The van der Waals surface area contributed by atoms with Crippen LogP contribution < -0.4 is 10.6 Å². The zero-order valence-electron chi connectivity index (χ0n) is 13.8. The number of aliphatic hydroxyl groups is 1. The minimum atomic E-state index is 0.196. The van der Waals surface area contributed by atoms with Crippen molar-refractivity contribution >= 4 is 28.2 Å². The standard InChI is InChI=1S/C18H26ClN3O/c1-13(20-10-11-23)4-3-5-14(2)22-17-8-9-21-18-12-15(19)6-7-16(17)18/h6-9,12-14,20,23H,3-5,10-11H2,1-2H3,(H,21,22). The molecule has 2 atom stereocenters. The number of aromatic nitrogens is 1. The molecule has 1 heterocycles. The third-order valence-electron chi connectivity index (χ3n) is 3.99. The summed E-state index contributed by atoms with van der Waals surface area (Å²) in [6, 6.07) is 8.65. The van der Waals surface area contributed by atoms with Crippen LogP contribution in [0.1, 0.15) is 33.1 Å². The predicted octanol–water partition coefficient (Wildman–Crippen LogP) is 3.83. The van der Waals surface area contributed by atoms with Gasteiger partial charge in [-0.05, 0) is 57.4 Å². The van der Waals surface area contributed by atoms with Crippen molar-refractivity contribution in [2.24, 2.45) is 0 Å². The van der Waals surface area contributed by atoms with E-state index in [1.165, 1.54) is 0 Å². The maximum Gasteiger partial charge on any atom is 0.0737 e. The minimum absolute atomic E-state index is 0.196. The second-order valence-corrected chi connectivity index (χ2v) is 6.51. The van der Waals surface area contributed by atoms with Crippen molar-refractivity contribution in [1.82, 2.24) is 10.3 Å². The topological polar surface area (TPSA) is 57.2 Å². The molecule has 2 unspecified atom stereocenters. The third kappa shape index (κ3) is 5.65. The monoisotopic (exact) mass is 335 g/mol. The highest BCUT2D eigenvalue weighted by atomic mass is 35.5. The summed E-state index contributed by atoms with van der Waals surface area (Å²) in [6.07, 6.45) is 5.17. The maximum atomic E-state index is 8.81. The molecule has 0 saturated carbocycles. The third-order valence-corrected chi connectivity index (χ3v) is 4.22. The van der Waals surface area contributed by atoms with Crippen LogP contribution in [0.3, 0.4) is 0 Å². The first-order chi connectivity index (χ1) is 11.1. The molecule has 2 rings (SSSR count). The molecule has 0 radical (unpaired) electrons. The Morgan fingerprint density at radius 2 is 1.96 bits per heavy atom. The Balaban J connectivity index is 1.87. The van der Waals surface area contributed by atoms with E-state index >= 15 is 0 Å². The minimum Gasteiger partial charge on any atom is -0.395 e. The van der Waals surface area contributed by atoms with E-state index in [0.717, 1.165) is 35.9 Å². The molecule has 0 fully saturated rings. The predicted molar refractivity (Wildman–Crippen MR) is 98.2 cm³/mol.